The number of hydrogen-bond donors (Lipinski definition) is 2. The van der Waals surface area contributed by atoms with Crippen LogP contribution < -0.4 is 10.2 Å². The third kappa shape index (κ3) is 4.41. The highest BCUT2D eigenvalue weighted by molar-refractivity contribution is 7.89. The maximum atomic E-state index is 12.4. The fourth-order valence-corrected chi connectivity index (χ4v) is 5.83. The van der Waals surface area contributed by atoms with Crippen LogP contribution in [-0.2, 0) is 10.0 Å². The Bertz CT molecular complexity index is 1360. The van der Waals surface area contributed by atoms with E-state index >= 15 is 0 Å². The van der Waals surface area contributed by atoms with Crippen LogP contribution in [0, 0.1) is 0 Å². The molecule has 0 aromatic carbocycles. The van der Waals surface area contributed by atoms with Crippen LogP contribution in [0.15, 0.2) is 42.9 Å². The van der Waals surface area contributed by atoms with Gasteiger partial charge in [-0.15, -0.1) is 0 Å². The molecule has 10 nitrogen and oxygen atoms in total. The Morgan fingerprint density at radius 2 is 1.94 bits per heavy atom. The minimum atomic E-state index is -3.22. The Balaban J connectivity index is 1.29. The monoisotopic (exact) mass is 484 g/mol. The number of anilines is 3. The van der Waals surface area contributed by atoms with Crippen molar-refractivity contribution in [2.45, 2.75) is 19.1 Å². The van der Waals surface area contributed by atoms with Gasteiger partial charge in [-0.05, 0) is 32.0 Å². The number of H-pyrrole nitrogens is 1. The second-order valence-electron chi connectivity index (χ2n) is 8.03. The van der Waals surface area contributed by atoms with Crippen LogP contribution in [0.4, 0.5) is 16.6 Å². The molecular formula is C21H24N8O2S2. The quantitative estimate of drug-likeness (QED) is 0.428. The number of rotatable bonds is 6. The number of sulfonamides is 1. The first kappa shape index (κ1) is 21.7. The van der Waals surface area contributed by atoms with E-state index in [1.165, 1.54) is 11.3 Å². The van der Waals surface area contributed by atoms with E-state index in [0.29, 0.717) is 37.1 Å². The lowest BCUT2D eigenvalue weighted by atomic mass is 10.2. The zero-order chi connectivity index (χ0) is 23.0. The molecule has 0 atom stereocenters. The third-order valence-corrected chi connectivity index (χ3v) is 8.74. The standard InChI is InChI=1S/C21H24N8O2S2/c1-14(2)33(30,31)29-9-7-28(8-10-29)16-5-6-22-19(11-16)27-21-26-18-4-3-17(25-20(18)32-21)15-12-23-24-13-15/h3-6,11-14H,7-10H2,1-2H3,(H,23,24)(H,22,26,27). The normalized spacial score (nSPS) is 15.4. The van der Waals surface area contributed by atoms with Gasteiger partial charge < -0.3 is 10.2 Å². The van der Waals surface area contributed by atoms with Crippen LogP contribution in [0.1, 0.15) is 13.8 Å². The molecule has 33 heavy (non-hydrogen) atoms. The lowest BCUT2D eigenvalue weighted by Gasteiger charge is -2.36. The summed E-state index contributed by atoms with van der Waals surface area (Å²) < 4.78 is 26.4. The van der Waals surface area contributed by atoms with Crippen molar-refractivity contribution in [3.8, 4) is 11.3 Å². The van der Waals surface area contributed by atoms with Crippen LogP contribution >= 0.6 is 11.3 Å². The van der Waals surface area contributed by atoms with Crippen LogP contribution in [0.3, 0.4) is 0 Å². The van der Waals surface area contributed by atoms with Gasteiger partial charge in [0, 0.05) is 55.9 Å². The van der Waals surface area contributed by atoms with E-state index in [-0.39, 0.29) is 0 Å². The van der Waals surface area contributed by atoms with E-state index in [2.05, 4.69) is 35.4 Å². The van der Waals surface area contributed by atoms with Crippen molar-refractivity contribution >= 4 is 48.3 Å². The molecule has 1 saturated heterocycles. The summed E-state index contributed by atoms with van der Waals surface area (Å²) in [6.45, 7) is 5.67. The second-order valence-corrected chi connectivity index (χ2v) is 11.5. The van der Waals surface area contributed by atoms with E-state index in [4.69, 9.17) is 0 Å². The summed E-state index contributed by atoms with van der Waals surface area (Å²) in [5.41, 5.74) is 3.57. The van der Waals surface area contributed by atoms with Gasteiger partial charge in [-0.25, -0.2) is 23.4 Å². The van der Waals surface area contributed by atoms with Crippen molar-refractivity contribution in [3.63, 3.8) is 0 Å². The van der Waals surface area contributed by atoms with Gasteiger partial charge in [-0.3, -0.25) is 5.10 Å². The maximum absolute atomic E-state index is 12.4. The lowest BCUT2D eigenvalue weighted by molar-refractivity contribution is 0.381. The van der Waals surface area contributed by atoms with E-state index in [9.17, 15) is 8.42 Å². The van der Waals surface area contributed by atoms with Gasteiger partial charge in [-0.1, -0.05) is 11.3 Å². The Kier molecular flexibility index (Phi) is 5.72. The topological polar surface area (TPSA) is 120 Å². The molecule has 0 unspecified atom stereocenters. The van der Waals surface area contributed by atoms with E-state index in [1.807, 2.05) is 30.5 Å². The molecule has 2 N–H and O–H groups in total. The number of aromatic nitrogens is 5. The van der Waals surface area contributed by atoms with Gasteiger partial charge in [0.1, 0.15) is 16.2 Å². The van der Waals surface area contributed by atoms with Gasteiger partial charge >= 0.3 is 0 Å². The predicted octanol–water partition coefficient (Wildman–Crippen LogP) is 3.08. The average molecular weight is 485 g/mol. The van der Waals surface area contributed by atoms with Crippen LogP contribution in [0.5, 0.6) is 0 Å². The first-order valence-electron chi connectivity index (χ1n) is 10.6. The minimum Gasteiger partial charge on any atom is -0.369 e. The lowest BCUT2D eigenvalue weighted by Crippen LogP contribution is -2.50. The third-order valence-electron chi connectivity index (χ3n) is 5.59. The molecule has 4 aromatic rings. The summed E-state index contributed by atoms with van der Waals surface area (Å²) in [5, 5.41) is 10.4. The summed E-state index contributed by atoms with van der Waals surface area (Å²) in [7, 11) is -3.22. The zero-order valence-electron chi connectivity index (χ0n) is 18.3. The van der Waals surface area contributed by atoms with Crippen molar-refractivity contribution in [2.24, 2.45) is 0 Å². The highest BCUT2D eigenvalue weighted by atomic mass is 32.2. The van der Waals surface area contributed by atoms with Crippen molar-refractivity contribution in [1.82, 2.24) is 29.5 Å². The Labute approximate surface area is 195 Å². The Morgan fingerprint density at radius 3 is 2.67 bits per heavy atom. The molecule has 5 heterocycles. The molecule has 1 aliphatic heterocycles. The first-order valence-corrected chi connectivity index (χ1v) is 13.0. The van der Waals surface area contributed by atoms with Crippen molar-refractivity contribution in [3.05, 3.63) is 42.9 Å². The predicted molar refractivity (Wildman–Crippen MR) is 130 cm³/mol. The molecule has 12 heteroatoms. The Morgan fingerprint density at radius 1 is 1.12 bits per heavy atom. The van der Waals surface area contributed by atoms with E-state index in [1.54, 1.807) is 30.5 Å². The number of fused-ring (bicyclic) bond motifs is 1. The van der Waals surface area contributed by atoms with Gasteiger partial charge in [0.05, 0.1) is 17.1 Å². The molecule has 0 bridgehead atoms. The van der Waals surface area contributed by atoms with Crippen LogP contribution in [-0.4, -0.2) is 69.3 Å². The molecule has 0 spiro atoms. The minimum absolute atomic E-state index is 0.403. The fraction of sp³-hybridized carbons (Fsp3) is 0.333. The second kappa shape index (κ2) is 8.69. The average Bonchev–Trinajstić information content (AvgIpc) is 3.48. The molecule has 0 aliphatic carbocycles. The molecule has 4 aromatic heterocycles. The van der Waals surface area contributed by atoms with Crippen molar-refractivity contribution in [1.29, 1.82) is 0 Å². The summed E-state index contributed by atoms with van der Waals surface area (Å²) in [6.07, 6.45) is 5.29. The number of hydrogen-bond acceptors (Lipinski definition) is 9. The SMILES string of the molecule is CC(C)S(=O)(=O)N1CCN(c2ccnc(Nc3nc4ccc(-c5cn[nH]c5)nc4s3)c2)CC1. The summed E-state index contributed by atoms with van der Waals surface area (Å²) in [4.78, 5) is 16.7. The molecule has 1 fully saturated rings. The zero-order valence-corrected chi connectivity index (χ0v) is 19.9. The molecule has 0 saturated carbocycles. The van der Waals surface area contributed by atoms with E-state index < -0.39 is 15.3 Å². The van der Waals surface area contributed by atoms with Crippen molar-refractivity contribution in [2.75, 3.05) is 36.4 Å². The van der Waals surface area contributed by atoms with Gasteiger partial charge in [0.2, 0.25) is 10.0 Å². The molecule has 0 amide bonds. The highest BCUT2D eigenvalue weighted by Crippen LogP contribution is 2.30. The van der Waals surface area contributed by atoms with Gasteiger partial charge in [0.25, 0.3) is 0 Å². The number of aromatic amines is 1. The number of nitrogens with zero attached hydrogens (tertiary/aromatic N) is 6. The number of thiazole rings is 1. The largest absolute Gasteiger partial charge is 0.369 e. The maximum Gasteiger partial charge on any atom is 0.216 e. The Hall–Kier alpha value is -3.09. The van der Waals surface area contributed by atoms with Gasteiger partial charge in [0.15, 0.2) is 5.13 Å². The summed E-state index contributed by atoms with van der Waals surface area (Å²) in [5.74, 6) is 0.679. The van der Waals surface area contributed by atoms with Crippen LogP contribution in [0.25, 0.3) is 21.6 Å². The molecule has 1 aliphatic rings. The van der Waals surface area contributed by atoms with Crippen molar-refractivity contribution < 1.29 is 8.42 Å². The molecule has 0 radical (unpaired) electrons. The van der Waals surface area contributed by atoms with Crippen LogP contribution in [0.2, 0.25) is 0 Å². The number of nitrogens with one attached hydrogen (secondary N) is 2. The highest BCUT2D eigenvalue weighted by Gasteiger charge is 2.29. The summed E-state index contributed by atoms with van der Waals surface area (Å²) in [6, 6.07) is 7.77. The fourth-order valence-electron chi connectivity index (χ4n) is 3.72. The molecular weight excluding hydrogens is 460 g/mol. The molecule has 5 rings (SSSR count). The number of pyridine rings is 2. The summed E-state index contributed by atoms with van der Waals surface area (Å²) >= 11 is 1.46. The van der Waals surface area contributed by atoms with Gasteiger partial charge in [-0.2, -0.15) is 9.40 Å². The first-order chi connectivity index (χ1) is 15.9. The van der Waals surface area contributed by atoms with E-state index in [0.717, 1.165) is 27.3 Å². The number of piperazine rings is 1. The molecule has 172 valence electrons. The smallest absolute Gasteiger partial charge is 0.216 e.